The molecule has 0 unspecified atom stereocenters. The summed E-state index contributed by atoms with van der Waals surface area (Å²) in [6.07, 6.45) is 2.28. The van der Waals surface area contributed by atoms with Crippen molar-refractivity contribution < 1.29 is 14.6 Å². The fourth-order valence-electron chi connectivity index (χ4n) is 1.22. The number of carboxylic acid groups (broad SMARTS) is 1. The average molecular weight is 144 g/mol. The first-order valence-corrected chi connectivity index (χ1v) is 3.58. The quantitative estimate of drug-likeness (QED) is 0.626. The third kappa shape index (κ3) is 2.35. The third-order valence-electron chi connectivity index (χ3n) is 1.72. The Labute approximate surface area is 60.0 Å². The van der Waals surface area contributed by atoms with Crippen molar-refractivity contribution in [3.63, 3.8) is 0 Å². The second-order valence-electron chi connectivity index (χ2n) is 2.68. The molecule has 3 heteroatoms. The Morgan fingerprint density at radius 1 is 1.70 bits per heavy atom. The summed E-state index contributed by atoms with van der Waals surface area (Å²) in [7, 11) is 0. The Kier molecular flexibility index (Phi) is 2.68. The van der Waals surface area contributed by atoms with Crippen LogP contribution in [0.2, 0.25) is 0 Å². The van der Waals surface area contributed by atoms with Gasteiger partial charge in [0.15, 0.2) is 0 Å². The van der Waals surface area contributed by atoms with Crippen molar-refractivity contribution in [2.24, 2.45) is 5.92 Å². The van der Waals surface area contributed by atoms with Crippen LogP contribution >= 0.6 is 0 Å². The summed E-state index contributed by atoms with van der Waals surface area (Å²) in [6.45, 7) is 1.43. The molecule has 1 fully saturated rings. The van der Waals surface area contributed by atoms with E-state index in [1.807, 2.05) is 0 Å². The number of carboxylic acids is 1. The first-order chi connectivity index (χ1) is 4.79. The average Bonchev–Trinajstić information content (AvgIpc) is 1.88. The maximum Gasteiger partial charge on any atom is 0.303 e. The van der Waals surface area contributed by atoms with Crippen molar-refractivity contribution in [3.05, 3.63) is 0 Å². The summed E-state index contributed by atoms with van der Waals surface area (Å²) in [6, 6.07) is 0. The molecule has 0 amide bonds. The highest BCUT2D eigenvalue weighted by atomic mass is 16.5. The summed E-state index contributed by atoms with van der Waals surface area (Å²) in [5, 5.41) is 8.41. The lowest BCUT2D eigenvalue weighted by Gasteiger charge is -2.19. The molecule has 1 N–H and O–H groups in total. The van der Waals surface area contributed by atoms with Gasteiger partial charge in [-0.15, -0.1) is 0 Å². The summed E-state index contributed by atoms with van der Waals surface area (Å²) in [5.41, 5.74) is 0. The highest BCUT2D eigenvalue weighted by Crippen LogP contribution is 2.16. The van der Waals surface area contributed by atoms with E-state index >= 15 is 0 Å². The van der Waals surface area contributed by atoms with Crippen LogP contribution in [0.4, 0.5) is 0 Å². The Hall–Kier alpha value is -0.570. The van der Waals surface area contributed by atoms with Crippen LogP contribution in [0.5, 0.6) is 0 Å². The molecular weight excluding hydrogens is 132 g/mol. The number of hydrogen-bond acceptors (Lipinski definition) is 2. The van der Waals surface area contributed by atoms with Crippen LogP contribution < -0.4 is 0 Å². The molecule has 0 radical (unpaired) electrons. The number of hydrogen-bond donors (Lipinski definition) is 1. The summed E-state index contributed by atoms with van der Waals surface area (Å²) in [5.74, 6) is -0.457. The lowest BCUT2D eigenvalue weighted by atomic mass is 9.99. The van der Waals surface area contributed by atoms with Crippen molar-refractivity contribution in [2.75, 3.05) is 13.2 Å². The molecule has 0 aliphatic carbocycles. The number of ether oxygens (including phenoxy) is 1. The monoisotopic (exact) mass is 144 g/mol. The molecule has 1 rings (SSSR count). The van der Waals surface area contributed by atoms with Crippen molar-refractivity contribution in [3.8, 4) is 0 Å². The number of rotatable bonds is 2. The van der Waals surface area contributed by atoms with E-state index in [1.165, 1.54) is 0 Å². The van der Waals surface area contributed by atoms with Crippen LogP contribution in [-0.4, -0.2) is 24.3 Å². The van der Waals surface area contributed by atoms with Gasteiger partial charge in [0.05, 0.1) is 6.42 Å². The van der Waals surface area contributed by atoms with E-state index in [0.29, 0.717) is 6.61 Å². The molecule has 1 saturated heterocycles. The largest absolute Gasteiger partial charge is 0.481 e. The number of aliphatic carboxylic acids is 1. The highest BCUT2D eigenvalue weighted by Gasteiger charge is 2.16. The summed E-state index contributed by atoms with van der Waals surface area (Å²) < 4.78 is 5.12. The van der Waals surface area contributed by atoms with E-state index in [4.69, 9.17) is 9.84 Å². The molecule has 0 aromatic rings. The van der Waals surface area contributed by atoms with Gasteiger partial charge < -0.3 is 9.84 Å². The molecule has 3 nitrogen and oxygen atoms in total. The minimum absolute atomic E-state index is 0.256. The Morgan fingerprint density at radius 3 is 3.00 bits per heavy atom. The van der Waals surface area contributed by atoms with Gasteiger partial charge in [-0.25, -0.2) is 0 Å². The van der Waals surface area contributed by atoms with Gasteiger partial charge in [0.25, 0.3) is 0 Å². The molecule has 0 saturated carbocycles. The van der Waals surface area contributed by atoms with Crippen LogP contribution in [0.3, 0.4) is 0 Å². The smallest absolute Gasteiger partial charge is 0.303 e. The molecule has 1 aliphatic heterocycles. The fraction of sp³-hybridized carbons (Fsp3) is 0.857. The van der Waals surface area contributed by atoms with E-state index in [1.54, 1.807) is 0 Å². The van der Waals surface area contributed by atoms with Crippen LogP contribution in [0.15, 0.2) is 0 Å². The molecule has 1 heterocycles. The van der Waals surface area contributed by atoms with E-state index in [-0.39, 0.29) is 12.3 Å². The van der Waals surface area contributed by atoms with Crippen molar-refractivity contribution in [2.45, 2.75) is 19.3 Å². The molecule has 10 heavy (non-hydrogen) atoms. The van der Waals surface area contributed by atoms with Gasteiger partial charge in [0.2, 0.25) is 0 Å². The zero-order valence-corrected chi connectivity index (χ0v) is 5.88. The van der Waals surface area contributed by atoms with Crippen molar-refractivity contribution >= 4 is 5.97 Å². The minimum atomic E-state index is -0.712. The van der Waals surface area contributed by atoms with Gasteiger partial charge in [-0.3, -0.25) is 4.79 Å². The first kappa shape index (κ1) is 7.54. The standard InChI is InChI=1S/C7H12O3/c8-7(9)4-6-2-1-3-10-5-6/h6H,1-5H2,(H,8,9)/t6-/m1/s1. The first-order valence-electron chi connectivity index (χ1n) is 3.58. The third-order valence-corrected chi connectivity index (χ3v) is 1.72. The fourth-order valence-corrected chi connectivity index (χ4v) is 1.22. The Balaban J connectivity index is 2.19. The predicted molar refractivity (Wildman–Crippen MR) is 35.8 cm³/mol. The van der Waals surface area contributed by atoms with E-state index < -0.39 is 5.97 Å². The highest BCUT2D eigenvalue weighted by molar-refractivity contribution is 5.67. The van der Waals surface area contributed by atoms with Gasteiger partial charge in [0.1, 0.15) is 0 Å². The summed E-state index contributed by atoms with van der Waals surface area (Å²) in [4.78, 5) is 10.2. The van der Waals surface area contributed by atoms with Gasteiger partial charge in [-0.2, -0.15) is 0 Å². The van der Waals surface area contributed by atoms with Crippen LogP contribution in [-0.2, 0) is 9.53 Å². The Morgan fingerprint density at radius 2 is 2.50 bits per heavy atom. The molecule has 0 spiro atoms. The van der Waals surface area contributed by atoms with E-state index in [2.05, 4.69) is 0 Å². The summed E-state index contributed by atoms with van der Waals surface area (Å²) >= 11 is 0. The lowest BCUT2D eigenvalue weighted by molar-refractivity contribution is -0.139. The zero-order chi connectivity index (χ0) is 7.40. The minimum Gasteiger partial charge on any atom is -0.481 e. The Bertz CT molecular complexity index is 116. The van der Waals surface area contributed by atoms with Crippen molar-refractivity contribution in [1.29, 1.82) is 0 Å². The van der Waals surface area contributed by atoms with Crippen LogP contribution in [0, 0.1) is 5.92 Å². The lowest BCUT2D eigenvalue weighted by Crippen LogP contribution is -2.19. The van der Waals surface area contributed by atoms with Gasteiger partial charge in [-0.05, 0) is 18.8 Å². The van der Waals surface area contributed by atoms with Crippen molar-refractivity contribution in [1.82, 2.24) is 0 Å². The molecule has 58 valence electrons. The predicted octanol–water partition coefficient (Wildman–Crippen LogP) is 0.888. The maximum atomic E-state index is 10.2. The van der Waals surface area contributed by atoms with Crippen LogP contribution in [0.1, 0.15) is 19.3 Å². The zero-order valence-electron chi connectivity index (χ0n) is 5.88. The van der Waals surface area contributed by atoms with E-state index in [9.17, 15) is 4.79 Å². The molecular formula is C7H12O3. The molecule has 1 aliphatic rings. The topological polar surface area (TPSA) is 46.5 Å². The van der Waals surface area contributed by atoms with Gasteiger partial charge >= 0.3 is 5.97 Å². The molecule has 1 atom stereocenters. The number of carbonyl (C=O) groups is 1. The SMILES string of the molecule is O=C(O)C[C@H]1CCCOC1. The second kappa shape index (κ2) is 3.56. The second-order valence-corrected chi connectivity index (χ2v) is 2.68. The van der Waals surface area contributed by atoms with E-state index in [0.717, 1.165) is 19.4 Å². The maximum absolute atomic E-state index is 10.2. The molecule has 0 aromatic heterocycles. The van der Waals surface area contributed by atoms with Crippen LogP contribution in [0.25, 0.3) is 0 Å². The molecule has 0 aromatic carbocycles. The molecule has 0 bridgehead atoms. The normalized spacial score (nSPS) is 26.2. The van der Waals surface area contributed by atoms with Gasteiger partial charge in [-0.1, -0.05) is 0 Å². The van der Waals surface area contributed by atoms with Gasteiger partial charge in [0, 0.05) is 13.2 Å².